The van der Waals surface area contributed by atoms with Crippen molar-refractivity contribution in [2.45, 2.75) is 62.7 Å². The Morgan fingerprint density at radius 2 is 1.72 bits per heavy atom. The van der Waals surface area contributed by atoms with Crippen LogP contribution in [-0.2, 0) is 37.2 Å². The first-order valence-electron chi connectivity index (χ1n) is 11.6. The molecule has 3 atom stereocenters. The fourth-order valence-electron chi connectivity index (χ4n) is 2.87. The number of carbonyl (C=O) groups excluding carboxylic acids is 2. The number of nitrogens with zero attached hydrogens (tertiary/aromatic N) is 3. The minimum atomic E-state index is -4.43. The van der Waals surface area contributed by atoms with E-state index in [1.807, 2.05) is 13.8 Å². The monoisotopic (exact) mass is 552 g/mol. The summed E-state index contributed by atoms with van der Waals surface area (Å²) in [6.07, 6.45) is 3.37. The molecule has 36 heavy (non-hydrogen) atoms. The Bertz CT molecular complexity index is 935. The Hall–Kier alpha value is -2.03. The Morgan fingerprint density at radius 3 is 2.25 bits per heavy atom. The topological polar surface area (TPSA) is 191 Å². The Morgan fingerprint density at radius 1 is 1.14 bits per heavy atom. The smallest absolute Gasteiger partial charge is 0.464 e. The first kappa shape index (κ1) is 30.2. The Labute approximate surface area is 212 Å². The zero-order chi connectivity index (χ0) is 26.6. The van der Waals surface area contributed by atoms with Crippen LogP contribution in [0.15, 0.2) is 11.1 Å². The van der Waals surface area contributed by atoms with E-state index in [1.165, 1.54) is 10.9 Å². The molecular formula is C20H33N4O10PS. The number of nitrogen functional groups attached to an aromatic ring is 1. The van der Waals surface area contributed by atoms with Crippen molar-refractivity contribution in [2.24, 2.45) is 0 Å². The number of hydrogen-bond donors (Lipinski definition) is 2. The van der Waals surface area contributed by atoms with E-state index in [4.69, 9.17) is 28.8 Å². The average Bonchev–Trinajstić information content (AvgIpc) is 3.21. The number of nitrogens with two attached hydrogens (primary N) is 1. The SMILES string of the molecule is CCCCOC(=O)COP(=O)(OCC(=O)OCCCC)OCC1S[C@@H](n2cnc(N)nc2=O)C[C@H]1O. The van der Waals surface area contributed by atoms with Gasteiger partial charge in [-0.2, -0.15) is 4.98 Å². The summed E-state index contributed by atoms with van der Waals surface area (Å²) in [7, 11) is -4.43. The highest BCUT2D eigenvalue weighted by Crippen LogP contribution is 2.51. The number of aromatic nitrogens is 3. The molecule has 1 fully saturated rings. The number of thioether (sulfide) groups is 1. The second kappa shape index (κ2) is 15.3. The standard InChI is InChI=1S/C20H33N4O10PS/c1-3-5-7-30-17(26)11-33-35(29,34-12-18(27)31-8-6-4-2)32-10-15-14(25)9-16(36-15)24-13-22-19(21)23-20(24)28/h13-16,25H,3-12H2,1-2H3,(H2,21,23,28)/t14-,15?,16-/m1/s1. The number of ether oxygens (including phenoxy) is 2. The van der Waals surface area contributed by atoms with Crippen LogP contribution < -0.4 is 11.4 Å². The second-order valence-electron chi connectivity index (χ2n) is 7.77. The first-order chi connectivity index (χ1) is 17.2. The molecule has 2 heterocycles. The van der Waals surface area contributed by atoms with E-state index in [1.54, 1.807) is 0 Å². The number of rotatable bonds is 16. The van der Waals surface area contributed by atoms with E-state index < -0.39 is 55.4 Å². The molecule has 1 saturated heterocycles. The van der Waals surface area contributed by atoms with Crippen molar-refractivity contribution in [3.05, 3.63) is 16.8 Å². The van der Waals surface area contributed by atoms with Gasteiger partial charge in [-0.1, -0.05) is 26.7 Å². The van der Waals surface area contributed by atoms with Crippen LogP contribution in [0.4, 0.5) is 5.95 Å². The lowest BCUT2D eigenvalue weighted by Gasteiger charge is -2.20. The average molecular weight is 553 g/mol. The molecule has 0 spiro atoms. The summed E-state index contributed by atoms with van der Waals surface area (Å²) in [6, 6.07) is 0. The van der Waals surface area contributed by atoms with Gasteiger partial charge < -0.3 is 20.3 Å². The van der Waals surface area contributed by atoms with E-state index in [0.29, 0.717) is 12.8 Å². The van der Waals surface area contributed by atoms with Gasteiger partial charge in [-0.05, 0) is 12.8 Å². The highest BCUT2D eigenvalue weighted by molar-refractivity contribution is 8.00. The summed E-state index contributed by atoms with van der Waals surface area (Å²) in [5, 5.41) is 9.27. The molecule has 0 aromatic carbocycles. The third kappa shape index (κ3) is 10.1. The molecule has 2 rings (SSSR count). The van der Waals surface area contributed by atoms with Gasteiger partial charge in [0.2, 0.25) is 5.95 Å². The molecule has 14 nitrogen and oxygen atoms in total. The van der Waals surface area contributed by atoms with E-state index in [0.717, 1.165) is 24.6 Å². The molecule has 3 N–H and O–H groups in total. The Kier molecular flexibility index (Phi) is 12.8. The van der Waals surface area contributed by atoms with Crippen LogP contribution in [0, 0.1) is 0 Å². The molecule has 1 aromatic rings. The molecule has 204 valence electrons. The van der Waals surface area contributed by atoms with Crippen LogP contribution in [0.2, 0.25) is 0 Å². The lowest BCUT2D eigenvalue weighted by atomic mass is 10.2. The first-order valence-corrected chi connectivity index (χ1v) is 14.0. The second-order valence-corrected chi connectivity index (χ2v) is 10.9. The fourth-order valence-corrected chi connectivity index (χ4v) is 5.49. The summed E-state index contributed by atoms with van der Waals surface area (Å²) in [5.41, 5.74) is 4.78. The molecule has 1 aliphatic heterocycles. The summed E-state index contributed by atoms with van der Waals surface area (Å²) >= 11 is 1.16. The number of phosphoric ester groups is 1. The lowest BCUT2D eigenvalue weighted by molar-refractivity contribution is -0.147. The van der Waals surface area contributed by atoms with Crippen molar-refractivity contribution < 1.29 is 42.3 Å². The molecule has 1 unspecified atom stereocenters. The van der Waals surface area contributed by atoms with E-state index in [9.17, 15) is 24.1 Å². The highest BCUT2D eigenvalue weighted by Gasteiger charge is 2.39. The van der Waals surface area contributed by atoms with E-state index in [2.05, 4.69) is 9.97 Å². The summed E-state index contributed by atoms with van der Waals surface area (Å²) < 4.78 is 39.8. The number of esters is 2. The van der Waals surface area contributed by atoms with Crippen molar-refractivity contribution in [1.82, 2.24) is 14.5 Å². The predicted octanol–water partition coefficient (Wildman–Crippen LogP) is 1.43. The van der Waals surface area contributed by atoms with Crippen LogP contribution in [0.3, 0.4) is 0 Å². The third-order valence-electron chi connectivity index (χ3n) is 4.86. The third-order valence-corrected chi connectivity index (χ3v) is 7.75. The summed E-state index contributed by atoms with van der Waals surface area (Å²) in [6.45, 7) is 2.41. The predicted molar refractivity (Wildman–Crippen MR) is 129 cm³/mol. The fraction of sp³-hybridized carbons (Fsp3) is 0.750. The van der Waals surface area contributed by atoms with Crippen molar-refractivity contribution >= 4 is 37.5 Å². The van der Waals surface area contributed by atoms with Crippen molar-refractivity contribution in [1.29, 1.82) is 0 Å². The van der Waals surface area contributed by atoms with Crippen LogP contribution in [0.5, 0.6) is 0 Å². The summed E-state index contributed by atoms with van der Waals surface area (Å²) in [5.74, 6) is -1.73. The van der Waals surface area contributed by atoms with Crippen molar-refractivity contribution in [3.8, 4) is 0 Å². The largest absolute Gasteiger partial charge is 0.475 e. The summed E-state index contributed by atoms with van der Waals surface area (Å²) in [4.78, 5) is 43.2. The minimum Gasteiger partial charge on any atom is -0.464 e. The molecule has 0 bridgehead atoms. The van der Waals surface area contributed by atoms with Gasteiger partial charge in [-0.25, -0.2) is 23.9 Å². The van der Waals surface area contributed by atoms with E-state index >= 15 is 0 Å². The molecule has 0 aliphatic carbocycles. The van der Waals surface area contributed by atoms with Gasteiger partial charge in [0, 0.05) is 6.42 Å². The molecule has 16 heteroatoms. The maximum atomic E-state index is 13.1. The number of aliphatic hydroxyl groups is 1. The van der Waals surface area contributed by atoms with Gasteiger partial charge in [0.1, 0.15) is 6.33 Å². The minimum absolute atomic E-state index is 0.158. The van der Waals surface area contributed by atoms with Crippen LogP contribution in [0.1, 0.15) is 51.3 Å². The molecular weight excluding hydrogens is 519 g/mol. The zero-order valence-electron chi connectivity index (χ0n) is 20.3. The molecule has 0 saturated carbocycles. The molecule has 1 aliphatic rings. The molecule has 0 amide bonds. The van der Waals surface area contributed by atoms with Crippen LogP contribution in [-0.4, -0.2) is 76.0 Å². The highest BCUT2D eigenvalue weighted by atomic mass is 32.2. The maximum Gasteiger partial charge on any atom is 0.475 e. The number of unbranched alkanes of at least 4 members (excludes halogenated alkanes) is 2. The van der Waals surface area contributed by atoms with Crippen molar-refractivity contribution in [2.75, 3.05) is 38.8 Å². The normalized spacial score (nSPS) is 19.8. The molecule has 1 aromatic heterocycles. The van der Waals surface area contributed by atoms with E-state index in [-0.39, 0.29) is 32.2 Å². The zero-order valence-corrected chi connectivity index (χ0v) is 22.0. The maximum absolute atomic E-state index is 13.1. The van der Waals surface area contributed by atoms with Gasteiger partial charge in [-0.15, -0.1) is 11.8 Å². The number of carbonyl (C=O) groups is 2. The van der Waals surface area contributed by atoms with Gasteiger partial charge in [0.25, 0.3) is 0 Å². The number of anilines is 1. The van der Waals surface area contributed by atoms with Gasteiger partial charge in [0.05, 0.1) is 36.5 Å². The quantitative estimate of drug-likeness (QED) is 0.170. The lowest BCUT2D eigenvalue weighted by Crippen LogP contribution is -2.26. The molecule has 0 radical (unpaired) electrons. The van der Waals surface area contributed by atoms with Crippen LogP contribution in [0.25, 0.3) is 0 Å². The van der Waals surface area contributed by atoms with Gasteiger partial charge in [-0.3, -0.25) is 18.1 Å². The number of phosphoric acid groups is 1. The number of hydrogen-bond acceptors (Lipinski definition) is 14. The van der Waals surface area contributed by atoms with Gasteiger partial charge in [0.15, 0.2) is 13.2 Å². The Balaban J connectivity index is 1.98. The van der Waals surface area contributed by atoms with Crippen LogP contribution >= 0.6 is 19.6 Å². The van der Waals surface area contributed by atoms with Gasteiger partial charge >= 0.3 is 25.5 Å². The number of aliphatic hydroxyl groups excluding tert-OH is 1. The van der Waals surface area contributed by atoms with Crippen molar-refractivity contribution in [3.63, 3.8) is 0 Å².